The molecule has 3 nitrogen and oxygen atoms in total. The van der Waals surface area contributed by atoms with Crippen molar-refractivity contribution in [2.75, 3.05) is 26.4 Å². The smallest absolute Gasteiger partial charge is 0.162 e. The van der Waals surface area contributed by atoms with Crippen molar-refractivity contribution in [3.63, 3.8) is 0 Å². The molecule has 0 aromatic heterocycles. The predicted octanol–water partition coefficient (Wildman–Crippen LogP) is 3.58. The standard InChI is InChI=1S/C13H14BrClO3/c14-13(8-1-2-16-7-8)9-5-11-12(6-10(9)15)18-4-3-17-11/h5-6,8,13H,1-4,7H2. The predicted molar refractivity (Wildman–Crippen MR) is 73.0 cm³/mol. The fourth-order valence-corrected chi connectivity index (χ4v) is 3.53. The van der Waals surface area contributed by atoms with Crippen LogP contribution in [-0.2, 0) is 4.74 Å². The summed E-state index contributed by atoms with van der Waals surface area (Å²) in [6.07, 6.45) is 1.06. The van der Waals surface area contributed by atoms with Gasteiger partial charge in [0.15, 0.2) is 11.5 Å². The van der Waals surface area contributed by atoms with E-state index in [4.69, 9.17) is 25.8 Å². The van der Waals surface area contributed by atoms with Crippen LogP contribution in [0.2, 0.25) is 5.02 Å². The lowest BCUT2D eigenvalue weighted by molar-refractivity contribution is 0.171. The summed E-state index contributed by atoms with van der Waals surface area (Å²) in [6.45, 7) is 2.78. The van der Waals surface area contributed by atoms with Gasteiger partial charge in [0, 0.05) is 28.4 Å². The summed E-state index contributed by atoms with van der Waals surface area (Å²) in [7, 11) is 0. The molecule has 0 spiro atoms. The fourth-order valence-electron chi connectivity index (χ4n) is 2.33. The Morgan fingerprint density at radius 1 is 1.17 bits per heavy atom. The van der Waals surface area contributed by atoms with Crippen LogP contribution in [0.3, 0.4) is 0 Å². The number of rotatable bonds is 2. The molecule has 1 fully saturated rings. The Bertz CT molecular complexity index is 446. The molecule has 0 amide bonds. The minimum Gasteiger partial charge on any atom is -0.486 e. The third-order valence-electron chi connectivity index (χ3n) is 3.34. The molecule has 0 bridgehead atoms. The maximum absolute atomic E-state index is 6.33. The highest BCUT2D eigenvalue weighted by Gasteiger charge is 2.28. The van der Waals surface area contributed by atoms with Gasteiger partial charge in [0.05, 0.1) is 6.61 Å². The molecule has 0 N–H and O–H groups in total. The van der Waals surface area contributed by atoms with Crippen LogP contribution in [-0.4, -0.2) is 26.4 Å². The Hall–Kier alpha value is -0.450. The Balaban J connectivity index is 1.90. The highest BCUT2D eigenvalue weighted by molar-refractivity contribution is 9.09. The molecule has 2 atom stereocenters. The van der Waals surface area contributed by atoms with Crippen molar-refractivity contribution in [1.29, 1.82) is 0 Å². The van der Waals surface area contributed by atoms with E-state index >= 15 is 0 Å². The number of hydrogen-bond acceptors (Lipinski definition) is 3. The molecule has 1 aromatic rings. The Labute approximate surface area is 119 Å². The average Bonchev–Trinajstić information content (AvgIpc) is 2.91. The Morgan fingerprint density at radius 3 is 2.56 bits per heavy atom. The van der Waals surface area contributed by atoms with Crippen molar-refractivity contribution in [1.82, 2.24) is 0 Å². The van der Waals surface area contributed by atoms with Crippen LogP contribution in [0.5, 0.6) is 11.5 Å². The first kappa shape index (κ1) is 12.6. The first-order chi connectivity index (χ1) is 8.75. The van der Waals surface area contributed by atoms with Gasteiger partial charge in [-0.1, -0.05) is 27.5 Å². The van der Waals surface area contributed by atoms with Crippen molar-refractivity contribution < 1.29 is 14.2 Å². The molecule has 0 aliphatic carbocycles. The molecule has 1 aromatic carbocycles. The third-order valence-corrected chi connectivity index (χ3v) is 4.91. The molecule has 18 heavy (non-hydrogen) atoms. The van der Waals surface area contributed by atoms with Gasteiger partial charge in [0.2, 0.25) is 0 Å². The zero-order valence-corrected chi connectivity index (χ0v) is 12.2. The second-order valence-electron chi connectivity index (χ2n) is 4.54. The molecule has 0 saturated carbocycles. The molecular formula is C13H14BrClO3. The molecular weight excluding hydrogens is 319 g/mol. The van der Waals surface area contributed by atoms with E-state index in [1.165, 1.54) is 0 Å². The zero-order chi connectivity index (χ0) is 12.5. The largest absolute Gasteiger partial charge is 0.486 e. The molecule has 5 heteroatoms. The minimum absolute atomic E-state index is 0.198. The normalized spacial score (nSPS) is 24.0. The van der Waals surface area contributed by atoms with Crippen LogP contribution in [0.4, 0.5) is 0 Å². The van der Waals surface area contributed by atoms with E-state index in [1.54, 1.807) is 0 Å². The number of halogens is 2. The number of benzene rings is 1. The van der Waals surface area contributed by atoms with Crippen LogP contribution < -0.4 is 9.47 Å². The maximum Gasteiger partial charge on any atom is 0.162 e. The number of ether oxygens (including phenoxy) is 3. The lowest BCUT2D eigenvalue weighted by atomic mass is 9.98. The summed E-state index contributed by atoms with van der Waals surface area (Å²) in [6, 6.07) is 3.82. The molecule has 98 valence electrons. The van der Waals surface area contributed by atoms with Gasteiger partial charge in [-0.25, -0.2) is 0 Å². The molecule has 3 rings (SSSR count). The van der Waals surface area contributed by atoms with Crippen LogP contribution >= 0.6 is 27.5 Å². The summed E-state index contributed by atoms with van der Waals surface area (Å²) in [4.78, 5) is 0.198. The van der Waals surface area contributed by atoms with Gasteiger partial charge in [0.1, 0.15) is 13.2 Å². The fraction of sp³-hybridized carbons (Fsp3) is 0.538. The second-order valence-corrected chi connectivity index (χ2v) is 5.94. The Kier molecular flexibility index (Phi) is 3.68. The van der Waals surface area contributed by atoms with Crippen LogP contribution in [0, 0.1) is 5.92 Å². The van der Waals surface area contributed by atoms with Gasteiger partial charge in [-0.3, -0.25) is 0 Å². The first-order valence-corrected chi connectivity index (χ1v) is 7.36. The van der Waals surface area contributed by atoms with Gasteiger partial charge in [-0.05, 0) is 18.1 Å². The van der Waals surface area contributed by atoms with Gasteiger partial charge in [0.25, 0.3) is 0 Å². The van der Waals surface area contributed by atoms with E-state index in [2.05, 4.69) is 15.9 Å². The van der Waals surface area contributed by atoms with Crippen molar-refractivity contribution >= 4 is 27.5 Å². The van der Waals surface area contributed by atoms with Crippen LogP contribution in [0.1, 0.15) is 16.8 Å². The van der Waals surface area contributed by atoms with Crippen LogP contribution in [0.15, 0.2) is 12.1 Å². The van der Waals surface area contributed by atoms with Crippen molar-refractivity contribution in [2.45, 2.75) is 11.2 Å². The number of hydrogen-bond donors (Lipinski definition) is 0. The minimum atomic E-state index is 0.198. The summed E-state index contributed by atoms with van der Waals surface area (Å²) in [5, 5.41) is 0.716. The van der Waals surface area contributed by atoms with Crippen molar-refractivity contribution in [3.8, 4) is 11.5 Å². The second kappa shape index (κ2) is 5.27. The van der Waals surface area contributed by atoms with Crippen molar-refractivity contribution in [3.05, 3.63) is 22.7 Å². The average molecular weight is 334 g/mol. The zero-order valence-electron chi connectivity index (χ0n) is 9.83. The van der Waals surface area contributed by atoms with Gasteiger partial charge in [-0.15, -0.1) is 0 Å². The lowest BCUT2D eigenvalue weighted by Gasteiger charge is -2.23. The molecule has 2 unspecified atom stereocenters. The molecule has 1 saturated heterocycles. The van der Waals surface area contributed by atoms with Gasteiger partial charge >= 0.3 is 0 Å². The molecule has 0 radical (unpaired) electrons. The third kappa shape index (κ3) is 2.33. The number of fused-ring (bicyclic) bond motifs is 1. The highest BCUT2D eigenvalue weighted by atomic mass is 79.9. The molecule has 2 heterocycles. The monoisotopic (exact) mass is 332 g/mol. The Morgan fingerprint density at radius 2 is 1.89 bits per heavy atom. The van der Waals surface area contributed by atoms with Gasteiger partial charge in [-0.2, -0.15) is 0 Å². The van der Waals surface area contributed by atoms with E-state index in [0.717, 1.165) is 36.7 Å². The summed E-state index contributed by atoms with van der Waals surface area (Å²) < 4.78 is 16.5. The lowest BCUT2D eigenvalue weighted by Crippen LogP contribution is -2.16. The first-order valence-electron chi connectivity index (χ1n) is 6.06. The van der Waals surface area contributed by atoms with E-state index in [0.29, 0.717) is 24.2 Å². The summed E-state index contributed by atoms with van der Waals surface area (Å²) in [5.74, 6) is 1.98. The number of alkyl halides is 1. The van der Waals surface area contributed by atoms with E-state index in [9.17, 15) is 0 Å². The van der Waals surface area contributed by atoms with Crippen molar-refractivity contribution in [2.24, 2.45) is 5.92 Å². The maximum atomic E-state index is 6.33. The topological polar surface area (TPSA) is 27.7 Å². The highest BCUT2D eigenvalue weighted by Crippen LogP contribution is 2.44. The van der Waals surface area contributed by atoms with Crippen LogP contribution in [0.25, 0.3) is 0 Å². The van der Waals surface area contributed by atoms with Gasteiger partial charge < -0.3 is 14.2 Å². The quantitative estimate of drug-likeness (QED) is 0.774. The van der Waals surface area contributed by atoms with E-state index in [1.807, 2.05) is 12.1 Å². The summed E-state index contributed by atoms with van der Waals surface area (Å²) in [5.41, 5.74) is 1.05. The summed E-state index contributed by atoms with van der Waals surface area (Å²) >= 11 is 10.1. The van der Waals surface area contributed by atoms with E-state index in [-0.39, 0.29) is 4.83 Å². The molecule has 2 aliphatic heterocycles. The molecule has 2 aliphatic rings. The SMILES string of the molecule is Clc1cc2c(cc1C(Br)C1CCOC1)OCCO2. The van der Waals surface area contributed by atoms with E-state index < -0.39 is 0 Å².